The van der Waals surface area contributed by atoms with E-state index in [4.69, 9.17) is 26.1 Å². The summed E-state index contributed by atoms with van der Waals surface area (Å²) in [5.74, 6) is 2.05. The largest absolute Gasteiger partial charge is 0.378 e. The molecule has 0 spiro atoms. The average molecular weight is 663 g/mol. The van der Waals surface area contributed by atoms with Gasteiger partial charge in [0.2, 0.25) is 0 Å². The zero-order chi connectivity index (χ0) is 32.5. The van der Waals surface area contributed by atoms with E-state index in [1.54, 1.807) is 24.9 Å². The van der Waals surface area contributed by atoms with Gasteiger partial charge in [-0.2, -0.15) is 0 Å². The molecule has 244 valence electrons. The Bertz CT molecular complexity index is 1930. The molecule has 0 radical (unpaired) electrons. The number of para-hydroxylation sites is 2. The molecule has 12 nitrogen and oxygen atoms in total. The summed E-state index contributed by atoms with van der Waals surface area (Å²) in [4.78, 5) is 26.2. The molecule has 48 heavy (non-hydrogen) atoms. The van der Waals surface area contributed by atoms with E-state index in [2.05, 4.69) is 76.8 Å². The van der Waals surface area contributed by atoms with Crippen LogP contribution in [0.25, 0.3) is 16.9 Å². The zero-order valence-corrected chi connectivity index (χ0v) is 27.0. The number of aromatic nitrogens is 6. The Kier molecular flexibility index (Phi) is 9.83. The second-order valence-electron chi connectivity index (χ2n) is 11.1. The summed E-state index contributed by atoms with van der Waals surface area (Å²) in [7, 11) is 0. The Hall–Kier alpha value is -5.30. The molecule has 2 fully saturated rings. The number of benzene rings is 3. The minimum atomic E-state index is 0.375. The van der Waals surface area contributed by atoms with E-state index in [-0.39, 0.29) is 0 Å². The highest BCUT2D eigenvalue weighted by Gasteiger charge is 2.12. The van der Waals surface area contributed by atoms with Crippen LogP contribution in [-0.4, -0.2) is 82.1 Å². The standard InChI is InChI=1S/C21H20N6O.C14H15ClN4O/c1-2-4-19-18(3-1)23-15-27(19)21-14-22-13-20(25-21)24-16-5-7-17(8-6-16)26-9-11-28-12-10-26;15-13-9-16-10-14(18-13)17-11-1-3-12(4-2-11)19-5-7-20-8-6-19/h1-8,13-15H,9-12H2,(H,24,25);1-4,9-10H,5-8H2,(H,17,18). The Morgan fingerprint density at radius 3 is 1.73 bits per heavy atom. The van der Waals surface area contributed by atoms with Gasteiger partial charge in [-0.25, -0.2) is 15.0 Å². The number of ether oxygens (including phenoxy) is 2. The summed E-state index contributed by atoms with van der Waals surface area (Å²) in [6.45, 7) is 6.88. The molecule has 13 heteroatoms. The van der Waals surface area contributed by atoms with Gasteiger partial charge in [-0.05, 0) is 60.7 Å². The maximum absolute atomic E-state index is 5.81. The molecule has 2 N–H and O–H groups in total. The highest BCUT2D eigenvalue weighted by Crippen LogP contribution is 2.23. The molecule has 2 saturated heterocycles. The second kappa shape index (κ2) is 15.1. The number of fused-ring (bicyclic) bond motifs is 1. The molecule has 8 rings (SSSR count). The molecular formula is C35H35ClN10O2. The van der Waals surface area contributed by atoms with Gasteiger partial charge in [0.25, 0.3) is 0 Å². The minimum absolute atomic E-state index is 0.375. The summed E-state index contributed by atoms with van der Waals surface area (Å²) in [5.41, 5.74) is 6.28. The number of rotatable bonds is 7. The lowest BCUT2D eigenvalue weighted by molar-refractivity contribution is 0.122. The quantitative estimate of drug-likeness (QED) is 0.206. The first-order chi connectivity index (χ1) is 23.7. The van der Waals surface area contributed by atoms with Crippen LogP contribution < -0.4 is 20.4 Å². The number of hydrogen-bond donors (Lipinski definition) is 2. The predicted molar refractivity (Wildman–Crippen MR) is 189 cm³/mol. The minimum Gasteiger partial charge on any atom is -0.378 e. The van der Waals surface area contributed by atoms with Crippen molar-refractivity contribution in [3.63, 3.8) is 0 Å². The monoisotopic (exact) mass is 662 g/mol. The van der Waals surface area contributed by atoms with E-state index in [0.29, 0.717) is 16.8 Å². The van der Waals surface area contributed by atoms with Crippen molar-refractivity contribution in [1.29, 1.82) is 0 Å². The number of hydrogen-bond acceptors (Lipinski definition) is 11. The van der Waals surface area contributed by atoms with Gasteiger partial charge in [0.1, 0.15) is 11.5 Å². The van der Waals surface area contributed by atoms with Crippen molar-refractivity contribution in [2.24, 2.45) is 0 Å². The average Bonchev–Trinajstić information content (AvgIpc) is 3.58. The molecule has 2 aliphatic heterocycles. The van der Waals surface area contributed by atoms with E-state index in [9.17, 15) is 0 Å². The number of morpholine rings is 2. The molecule has 0 atom stereocenters. The van der Waals surface area contributed by atoms with Crippen LogP contribution in [-0.2, 0) is 9.47 Å². The van der Waals surface area contributed by atoms with Crippen LogP contribution in [0.5, 0.6) is 0 Å². The first-order valence-electron chi connectivity index (χ1n) is 15.8. The molecular weight excluding hydrogens is 628 g/mol. The molecule has 3 aromatic carbocycles. The molecule has 0 unspecified atom stereocenters. The molecule has 5 heterocycles. The summed E-state index contributed by atoms with van der Waals surface area (Å²) < 4.78 is 12.7. The molecule has 0 aliphatic carbocycles. The Morgan fingerprint density at radius 1 is 0.604 bits per heavy atom. The number of anilines is 6. The summed E-state index contributed by atoms with van der Waals surface area (Å²) in [5, 5.41) is 6.88. The SMILES string of the molecule is Clc1cncc(Nc2ccc(N3CCOCC3)cc2)n1.c1ccc2c(c1)ncn2-c1cncc(Nc2ccc(N3CCOCC3)cc2)n1. The number of halogens is 1. The molecule has 2 aliphatic rings. The van der Waals surface area contributed by atoms with E-state index in [1.165, 1.54) is 17.6 Å². The number of imidazole rings is 1. The van der Waals surface area contributed by atoms with Crippen LogP contribution in [0.3, 0.4) is 0 Å². The fraction of sp³-hybridized carbons (Fsp3) is 0.229. The van der Waals surface area contributed by atoms with Crippen LogP contribution >= 0.6 is 11.6 Å². The summed E-state index contributed by atoms with van der Waals surface area (Å²) >= 11 is 5.81. The lowest BCUT2D eigenvalue weighted by Crippen LogP contribution is -2.36. The normalized spacial score (nSPS) is 14.7. The van der Waals surface area contributed by atoms with Crippen LogP contribution in [0.2, 0.25) is 5.15 Å². The first-order valence-corrected chi connectivity index (χ1v) is 16.2. The lowest BCUT2D eigenvalue weighted by Gasteiger charge is -2.28. The van der Waals surface area contributed by atoms with E-state index in [0.717, 1.165) is 80.8 Å². The highest BCUT2D eigenvalue weighted by molar-refractivity contribution is 6.29. The second-order valence-corrected chi connectivity index (χ2v) is 11.5. The van der Waals surface area contributed by atoms with Gasteiger partial charge in [0.05, 0.1) is 62.2 Å². The van der Waals surface area contributed by atoms with Crippen LogP contribution in [0.1, 0.15) is 0 Å². The van der Waals surface area contributed by atoms with Gasteiger partial charge < -0.3 is 29.9 Å². The van der Waals surface area contributed by atoms with Gasteiger partial charge >= 0.3 is 0 Å². The van der Waals surface area contributed by atoms with Gasteiger partial charge in [-0.1, -0.05) is 23.7 Å². The van der Waals surface area contributed by atoms with Crippen molar-refractivity contribution in [3.05, 3.63) is 109 Å². The van der Waals surface area contributed by atoms with Crippen molar-refractivity contribution in [3.8, 4) is 5.82 Å². The summed E-state index contributed by atoms with van der Waals surface area (Å²) in [6.07, 6.45) is 8.38. The molecule has 3 aromatic heterocycles. The van der Waals surface area contributed by atoms with E-state index in [1.807, 2.05) is 41.0 Å². The summed E-state index contributed by atoms with van der Waals surface area (Å²) in [6, 6.07) is 24.6. The van der Waals surface area contributed by atoms with Crippen LogP contribution in [0, 0.1) is 0 Å². The van der Waals surface area contributed by atoms with Crippen molar-refractivity contribution in [2.75, 3.05) is 73.0 Å². The Labute approximate surface area is 283 Å². The van der Waals surface area contributed by atoms with Gasteiger partial charge in [0.15, 0.2) is 17.5 Å². The fourth-order valence-electron chi connectivity index (χ4n) is 5.53. The van der Waals surface area contributed by atoms with Crippen molar-refractivity contribution in [1.82, 2.24) is 29.5 Å². The zero-order valence-electron chi connectivity index (χ0n) is 26.2. The van der Waals surface area contributed by atoms with E-state index >= 15 is 0 Å². The third kappa shape index (κ3) is 7.80. The van der Waals surface area contributed by atoms with Crippen LogP contribution in [0.15, 0.2) is 104 Å². The van der Waals surface area contributed by atoms with E-state index < -0.39 is 0 Å². The number of nitrogens with one attached hydrogen (secondary N) is 2. The van der Waals surface area contributed by atoms with Gasteiger partial charge in [-0.3, -0.25) is 14.5 Å². The van der Waals surface area contributed by atoms with Crippen molar-refractivity contribution < 1.29 is 9.47 Å². The maximum atomic E-state index is 5.81. The topological polar surface area (TPSA) is 118 Å². The fourth-order valence-corrected chi connectivity index (χ4v) is 5.67. The highest BCUT2D eigenvalue weighted by atomic mass is 35.5. The molecule has 0 amide bonds. The molecule has 0 saturated carbocycles. The maximum Gasteiger partial charge on any atom is 0.159 e. The molecule has 6 aromatic rings. The third-order valence-corrected chi connectivity index (χ3v) is 8.14. The van der Waals surface area contributed by atoms with Crippen LogP contribution in [0.4, 0.5) is 34.4 Å². The smallest absolute Gasteiger partial charge is 0.159 e. The number of nitrogens with zero attached hydrogens (tertiary/aromatic N) is 8. The lowest BCUT2D eigenvalue weighted by atomic mass is 10.2. The predicted octanol–water partition coefficient (Wildman–Crippen LogP) is 6.11. The Balaban J connectivity index is 0.000000161. The Morgan fingerprint density at radius 2 is 1.15 bits per heavy atom. The van der Waals surface area contributed by atoms with Crippen molar-refractivity contribution in [2.45, 2.75) is 0 Å². The van der Waals surface area contributed by atoms with Gasteiger partial charge in [0, 0.05) is 48.9 Å². The third-order valence-electron chi connectivity index (χ3n) is 7.96. The molecule has 0 bridgehead atoms. The first kappa shape index (κ1) is 31.3. The van der Waals surface area contributed by atoms with Gasteiger partial charge in [-0.15, -0.1) is 0 Å². The van der Waals surface area contributed by atoms with Crippen molar-refractivity contribution >= 4 is 57.0 Å².